The fourth-order valence-electron chi connectivity index (χ4n) is 2.15. The molecule has 0 fully saturated rings. The summed E-state index contributed by atoms with van der Waals surface area (Å²) in [7, 11) is 0. The van der Waals surface area contributed by atoms with Gasteiger partial charge in [0.05, 0.1) is 10.7 Å². The lowest BCUT2D eigenvalue weighted by Crippen LogP contribution is -2.12. The molecule has 0 aliphatic heterocycles. The first-order valence-corrected chi connectivity index (χ1v) is 7.94. The molecule has 1 heterocycles. The standard InChI is InChI=1S/C19H15ClFNO3/c1-12-5-7-13(8-6-12)24-11-14-9-10-17(25-14)19(23)22-16-4-2-3-15(20)18(16)21/h2-10H,11H2,1H3,(H,22,23). The van der Waals surface area contributed by atoms with E-state index in [2.05, 4.69) is 5.32 Å². The minimum absolute atomic E-state index is 0.00800. The monoisotopic (exact) mass is 359 g/mol. The van der Waals surface area contributed by atoms with Gasteiger partial charge in [-0.2, -0.15) is 0 Å². The molecule has 128 valence electrons. The summed E-state index contributed by atoms with van der Waals surface area (Å²) in [6.07, 6.45) is 0. The predicted octanol–water partition coefficient (Wildman–Crippen LogP) is 5.21. The van der Waals surface area contributed by atoms with Crippen molar-refractivity contribution in [2.45, 2.75) is 13.5 Å². The van der Waals surface area contributed by atoms with E-state index < -0.39 is 11.7 Å². The summed E-state index contributed by atoms with van der Waals surface area (Å²) in [6.45, 7) is 2.17. The summed E-state index contributed by atoms with van der Waals surface area (Å²) in [5.41, 5.74) is 1.13. The maximum absolute atomic E-state index is 13.8. The average molecular weight is 360 g/mol. The van der Waals surface area contributed by atoms with Crippen LogP contribution in [0, 0.1) is 12.7 Å². The molecule has 4 nitrogen and oxygen atoms in total. The Balaban J connectivity index is 1.63. The van der Waals surface area contributed by atoms with Crippen LogP contribution in [0.3, 0.4) is 0 Å². The van der Waals surface area contributed by atoms with Crippen molar-refractivity contribution in [1.82, 2.24) is 0 Å². The van der Waals surface area contributed by atoms with Crippen molar-refractivity contribution in [1.29, 1.82) is 0 Å². The molecule has 1 N–H and O–H groups in total. The summed E-state index contributed by atoms with van der Waals surface area (Å²) in [5.74, 6) is -0.0112. The number of hydrogen-bond donors (Lipinski definition) is 1. The third-order valence-electron chi connectivity index (χ3n) is 3.49. The van der Waals surface area contributed by atoms with Gasteiger partial charge in [0.2, 0.25) is 0 Å². The molecule has 3 aromatic rings. The van der Waals surface area contributed by atoms with Crippen LogP contribution in [-0.2, 0) is 6.61 Å². The van der Waals surface area contributed by atoms with Gasteiger partial charge in [-0.15, -0.1) is 0 Å². The van der Waals surface area contributed by atoms with Gasteiger partial charge >= 0.3 is 0 Å². The smallest absolute Gasteiger partial charge is 0.291 e. The lowest BCUT2D eigenvalue weighted by Gasteiger charge is -2.06. The van der Waals surface area contributed by atoms with Gasteiger partial charge in [-0.1, -0.05) is 35.4 Å². The molecule has 1 aromatic heterocycles. The van der Waals surface area contributed by atoms with Crippen LogP contribution >= 0.6 is 11.6 Å². The second-order valence-corrected chi connectivity index (χ2v) is 5.83. The van der Waals surface area contributed by atoms with Gasteiger partial charge in [0.15, 0.2) is 11.6 Å². The van der Waals surface area contributed by atoms with Crippen LogP contribution in [-0.4, -0.2) is 5.91 Å². The number of benzene rings is 2. The highest BCUT2D eigenvalue weighted by atomic mass is 35.5. The highest BCUT2D eigenvalue weighted by Gasteiger charge is 2.15. The van der Waals surface area contributed by atoms with Crippen LogP contribution in [0.25, 0.3) is 0 Å². The first-order valence-electron chi connectivity index (χ1n) is 7.56. The van der Waals surface area contributed by atoms with Crippen LogP contribution < -0.4 is 10.1 Å². The maximum Gasteiger partial charge on any atom is 0.291 e. The van der Waals surface area contributed by atoms with Crippen molar-refractivity contribution in [2.24, 2.45) is 0 Å². The van der Waals surface area contributed by atoms with Gasteiger partial charge in [0.1, 0.15) is 18.1 Å². The van der Waals surface area contributed by atoms with E-state index in [1.54, 1.807) is 12.1 Å². The van der Waals surface area contributed by atoms with Gasteiger partial charge in [-0.05, 0) is 43.3 Å². The quantitative estimate of drug-likeness (QED) is 0.680. The zero-order valence-electron chi connectivity index (χ0n) is 13.4. The number of hydrogen-bond acceptors (Lipinski definition) is 3. The molecule has 25 heavy (non-hydrogen) atoms. The molecule has 2 aromatic carbocycles. The van der Waals surface area contributed by atoms with Crippen LogP contribution in [0.2, 0.25) is 5.02 Å². The molecule has 1 amide bonds. The van der Waals surface area contributed by atoms with E-state index in [-0.39, 0.29) is 23.1 Å². The molecule has 0 bridgehead atoms. The summed E-state index contributed by atoms with van der Waals surface area (Å²) < 4.78 is 24.9. The third-order valence-corrected chi connectivity index (χ3v) is 3.78. The molecule has 0 aliphatic carbocycles. The van der Waals surface area contributed by atoms with E-state index in [9.17, 15) is 9.18 Å². The lowest BCUT2D eigenvalue weighted by molar-refractivity contribution is 0.0992. The van der Waals surface area contributed by atoms with Crippen LogP contribution in [0.1, 0.15) is 21.9 Å². The summed E-state index contributed by atoms with van der Waals surface area (Å²) in [5, 5.41) is 2.36. The Morgan fingerprint density at radius 3 is 2.68 bits per heavy atom. The van der Waals surface area contributed by atoms with Gasteiger partial charge < -0.3 is 14.5 Å². The topological polar surface area (TPSA) is 51.5 Å². The van der Waals surface area contributed by atoms with Gasteiger partial charge in [0, 0.05) is 0 Å². The zero-order chi connectivity index (χ0) is 17.8. The molecule has 0 saturated carbocycles. The number of halogens is 2. The van der Waals surface area contributed by atoms with E-state index in [0.29, 0.717) is 11.5 Å². The lowest BCUT2D eigenvalue weighted by atomic mass is 10.2. The van der Waals surface area contributed by atoms with Crippen molar-refractivity contribution >= 4 is 23.2 Å². The SMILES string of the molecule is Cc1ccc(OCc2ccc(C(=O)Nc3cccc(Cl)c3F)o2)cc1. The highest BCUT2D eigenvalue weighted by molar-refractivity contribution is 6.31. The van der Waals surface area contributed by atoms with E-state index in [0.717, 1.165) is 5.56 Å². The number of rotatable bonds is 5. The Hall–Kier alpha value is -2.79. The molecule has 0 saturated heterocycles. The first-order chi connectivity index (χ1) is 12.0. The summed E-state index contributed by atoms with van der Waals surface area (Å²) >= 11 is 5.69. The Kier molecular flexibility index (Phi) is 5.05. The molecule has 0 unspecified atom stereocenters. The number of anilines is 1. The molecule has 0 atom stereocenters. The number of aryl methyl sites for hydroxylation is 1. The normalized spacial score (nSPS) is 10.5. The van der Waals surface area contributed by atoms with Gasteiger partial charge in [0.25, 0.3) is 5.91 Å². The molecular formula is C19H15ClFNO3. The largest absolute Gasteiger partial charge is 0.486 e. The minimum Gasteiger partial charge on any atom is -0.486 e. The number of amides is 1. The van der Waals surface area contributed by atoms with Crippen molar-refractivity contribution in [2.75, 3.05) is 5.32 Å². The van der Waals surface area contributed by atoms with E-state index in [4.69, 9.17) is 20.8 Å². The fraction of sp³-hybridized carbons (Fsp3) is 0.105. The number of nitrogens with one attached hydrogen (secondary N) is 1. The van der Waals surface area contributed by atoms with Crippen molar-refractivity contribution in [3.63, 3.8) is 0 Å². The number of ether oxygens (including phenoxy) is 1. The zero-order valence-corrected chi connectivity index (χ0v) is 14.1. The minimum atomic E-state index is -0.688. The number of carbonyl (C=O) groups is 1. The Labute approximate surface area is 149 Å². The maximum atomic E-state index is 13.8. The van der Waals surface area contributed by atoms with Gasteiger partial charge in [-0.25, -0.2) is 4.39 Å². The Morgan fingerprint density at radius 2 is 1.92 bits per heavy atom. The number of carbonyl (C=O) groups excluding carboxylic acids is 1. The molecule has 0 aliphatic rings. The van der Waals surface area contributed by atoms with Crippen LogP contribution in [0.4, 0.5) is 10.1 Å². The van der Waals surface area contributed by atoms with Crippen LogP contribution in [0.15, 0.2) is 59.0 Å². The first kappa shape index (κ1) is 17.0. The van der Waals surface area contributed by atoms with Crippen molar-refractivity contribution < 1.29 is 18.3 Å². The van der Waals surface area contributed by atoms with Crippen LogP contribution in [0.5, 0.6) is 5.75 Å². The second-order valence-electron chi connectivity index (χ2n) is 5.42. The van der Waals surface area contributed by atoms with E-state index >= 15 is 0 Å². The molecule has 0 radical (unpaired) electrons. The molecule has 3 rings (SSSR count). The molecule has 6 heteroatoms. The summed E-state index contributed by atoms with van der Waals surface area (Å²) in [6, 6.07) is 15.1. The highest BCUT2D eigenvalue weighted by Crippen LogP contribution is 2.23. The molecule has 0 spiro atoms. The molecular weight excluding hydrogens is 345 g/mol. The third kappa shape index (κ3) is 4.19. The Morgan fingerprint density at radius 1 is 1.16 bits per heavy atom. The van der Waals surface area contributed by atoms with E-state index in [1.165, 1.54) is 18.2 Å². The Bertz CT molecular complexity index is 890. The second kappa shape index (κ2) is 7.40. The van der Waals surface area contributed by atoms with E-state index in [1.807, 2.05) is 31.2 Å². The average Bonchev–Trinajstić information content (AvgIpc) is 3.08. The van der Waals surface area contributed by atoms with Crippen molar-refractivity contribution in [3.8, 4) is 5.75 Å². The fourth-order valence-corrected chi connectivity index (χ4v) is 2.33. The number of furan rings is 1. The summed E-state index contributed by atoms with van der Waals surface area (Å²) in [4.78, 5) is 12.1. The van der Waals surface area contributed by atoms with Gasteiger partial charge in [-0.3, -0.25) is 4.79 Å². The van der Waals surface area contributed by atoms with Crippen molar-refractivity contribution in [3.05, 3.63) is 82.5 Å². The predicted molar refractivity (Wildman–Crippen MR) is 93.6 cm³/mol.